The van der Waals surface area contributed by atoms with Crippen LogP contribution in [-0.4, -0.2) is 46.6 Å². The minimum atomic E-state index is 0.486. The van der Waals surface area contributed by atoms with E-state index in [1.807, 2.05) is 0 Å². The van der Waals surface area contributed by atoms with Crippen LogP contribution in [0.5, 0.6) is 0 Å². The highest BCUT2D eigenvalue weighted by molar-refractivity contribution is 6.30. The molecule has 0 amide bonds. The summed E-state index contributed by atoms with van der Waals surface area (Å²) in [5.41, 5.74) is 0. The fourth-order valence-electron chi connectivity index (χ4n) is 3.22. The Kier molecular flexibility index (Phi) is 3.39. The highest BCUT2D eigenvalue weighted by Crippen LogP contribution is 2.28. The molecule has 3 rings (SSSR count). The van der Waals surface area contributed by atoms with Crippen LogP contribution in [0, 0.1) is 0 Å². The molecule has 18 heavy (non-hydrogen) atoms. The SMILES string of the molecule is CC1C2CCCCN2CCN1c1ncc(Cl)cn1. The molecule has 2 saturated heterocycles. The summed E-state index contributed by atoms with van der Waals surface area (Å²) >= 11 is 5.85. The van der Waals surface area contributed by atoms with Gasteiger partial charge in [-0.3, -0.25) is 4.90 Å². The van der Waals surface area contributed by atoms with Crippen molar-refractivity contribution in [2.45, 2.75) is 38.3 Å². The monoisotopic (exact) mass is 266 g/mol. The molecule has 1 aromatic heterocycles. The lowest BCUT2D eigenvalue weighted by molar-refractivity contribution is 0.105. The highest BCUT2D eigenvalue weighted by Gasteiger charge is 2.35. The van der Waals surface area contributed by atoms with E-state index < -0.39 is 0 Å². The van der Waals surface area contributed by atoms with E-state index in [0.717, 1.165) is 19.0 Å². The third-order valence-electron chi connectivity index (χ3n) is 4.20. The maximum Gasteiger partial charge on any atom is 0.225 e. The molecule has 2 aliphatic rings. The van der Waals surface area contributed by atoms with Gasteiger partial charge in [-0.25, -0.2) is 9.97 Å². The Morgan fingerprint density at radius 1 is 1.17 bits per heavy atom. The van der Waals surface area contributed by atoms with Gasteiger partial charge in [-0.1, -0.05) is 18.0 Å². The van der Waals surface area contributed by atoms with Crippen LogP contribution in [0.3, 0.4) is 0 Å². The van der Waals surface area contributed by atoms with Crippen molar-refractivity contribution in [3.8, 4) is 0 Å². The molecule has 98 valence electrons. The van der Waals surface area contributed by atoms with E-state index in [1.54, 1.807) is 12.4 Å². The van der Waals surface area contributed by atoms with Crippen molar-refractivity contribution in [3.05, 3.63) is 17.4 Å². The van der Waals surface area contributed by atoms with Crippen molar-refractivity contribution in [2.24, 2.45) is 0 Å². The molecule has 0 spiro atoms. The number of piperidine rings is 1. The number of nitrogens with zero attached hydrogens (tertiary/aromatic N) is 4. The van der Waals surface area contributed by atoms with Gasteiger partial charge < -0.3 is 4.90 Å². The van der Waals surface area contributed by atoms with Gasteiger partial charge in [-0.2, -0.15) is 0 Å². The molecule has 4 nitrogen and oxygen atoms in total. The lowest BCUT2D eigenvalue weighted by Gasteiger charge is -2.48. The largest absolute Gasteiger partial charge is 0.335 e. The first-order chi connectivity index (χ1) is 8.75. The summed E-state index contributed by atoms with van der Waals surface area (Å²) in [7, 11) is 0. The Morgan fingerprint density at radius 3 is 2.72 bits per heavy atom. The Hall–Kier alpha value is -0.870. The van der Waals surface area contributed by atoms with Gasteiger partial charge in [0.25, 0.3) is 0 Å². The third-order valence-corrected chi connectivity index (χ3v) is 4.40. The van der Waals surface area contributed by atoms with Crippen molar-refractivity contribution in [2.75, 3.05) is 24.5 Å². The molecule has 2 atom stereocenters. The van der Waals surface area contributed by atoms with E-state index in [-0.39, 0.29) is 0 Å². The van der Waals surface area contributed by atoms with E-state index in [4.69, 9.17) is 11.6 Å². The number of anilines is 1. The standard InChI is InChI=1S/C13H19ClN4/c1-10-12-4-2-3-5-17(12)6-7-18(10)13-15-8-11(14)9-16-13/h8-10,12H,2-7H2,1H3. The number of piperazine rings is 1. The summed E-state index contributed by atoms with van der Waals surface area (Å²) in [6.45, 7) is 5.69. The van der Waals surface area contributed by atoms with Crippen molar-refractivity contribution >= 4 is 17.5 Å². The second kappa shape index (κ2) is 5.02. The Morgan fingerprint density at radius 2 is 1.94 bits per heavy atom. The quantitative estimate of drug-likeness (QED) is 0.780. The lowest BCUT2D eigenvalue weighted by Crippen LogP contribution is -2.60. The molecule has 0 aromatic carbocycles. The third kappa shape index (κ3) is 2.19. The molecule has 2 aliphatic heterocycles. The summed E-state index contributed by atoms with van der Waals surface area (Å²) in [5, 5.41) is 0.600. The molecule has 2 fully saturated rings. The van der Waals surface area contributed by atoms with Gasteiger partial charge in [0, 0.05) is 25.2 Å². The molecule has 5 heteroatoms. The van der Waals surface area contributed by atoms with E-state index in [9.17, 15) is 0 Å². The normalized spacial score (nSPS) is 29.1. The van der Waals surface area contributed by atoms with Crippen LogP contribution in [0.4, 0.5) is 5.95 Å². The van der Waals surface area contributed by atoms with Gasteiger partial charge in [0.05, 0.1) is 17.4 Å². The zero-order valence-electron chi connectivity index (χ0n) is 10.7. The number of fused-ring (bicyclic) bond motifs is 1. The minimum absolute atomic E-state index is 0.486. The van der Waals surface area contributed by atoms with Crippen LogP contribution in [0.25, 0.3) is 0 Å². The molecule has 0 aliphatic carbocycles. The van der Waals surface area contributed by atoms with Gasteiger partial charge >= 0.3 is 0 Å². The second-order valence-electron chi connectivity index (χ2n) is 5.23. The predicted molar refractivity (Wildman–Crippen MR) is 73.1 cm³/mol. The fourth-order valence-corrected chi connectivity index (χ4v) is 3.32. The number of aromatic nitrogens is 2. The molecule has 0 saturated carbocycles. The number of rotatable bonds is 1. The number of halogens is 1. The molecular formula is C13H19ClN4. The molecule has 2 unspecified atom stereocenters. The molecule has 1 aromatic rings. The summed E-state index contributed by atoms with van der Waals surface area (Å²) in [4.78, 5) is 13.7. The first-order valence-corrected chi connectivity index (χ1v) is 7.12. The second-order valence-corrected chi connectivity index (χ2v) is 5.67. The number of hydrogen-bond acceptors (Lipinski definition) is 4. The summed E-state index contributed by atoms with van der Waals surface area (Å²) in [5.74, 6) is 0.817. The average Bonchev–Trinajstić information content (AvgIpc) is 2.41. The first kappa shape index (κ1) is 12.2. The van der Waals surface area contributed by atoms with Crippen LogP contribution < -0.4 is 4.90 Å². The fraction of sp³-hybridized carbons (Fsp3) is 0.692. The van der Waals surface area contributed by atoms with E-state index >= 15 is 0 Å². The summed E-state index contributed by atoms with van der Waals surface area (Å²) in [6.07, 6.45) is 7.36. The van der Waals surface area contributed by atoms with E-state index in [1.165, 1.54) is 25.8 Å². The van der Waals surface area contributed by atoms with Gasteiger partial charge in [-0.15, -0.1) is 0 Å². The summed E-state index contributed by atoms with van der Waals surface area (Å²) in [6, 6.07) is 1.15. The van der Waals surface area contributed by atoms with E-state index in [2.05, 4.69) is 26.7 Å². The molecule has 3 heterocycles. The van der Waals surface area contributed by atoms with Gasteiger partial charge in [0.15, 0.2) is 0 Å². The first-order valence-electron chi connectivity index (χ1n) is 6.74. The maximum atomic E-state index is 5.85. The molecule has 0 bridgehead atoms. The van der Waals surface area contributed by atoms with Crippen molar-refractivity contribution in [3.63, 3.8) is 0 Å². The zero-order valence-corrected chi connectivity index (χ0v) is 11.5. The highest BCUT2D eigenvalue weighted by atomic mass is 35.5. The minimum Gasteiger partial charge on any atom is -0.335 e. The van der Waals surface area contributed by atoms with Crippen molar-refractivity contribution in [1.29, 1.82) is 0 Å². The van der Waals surface area contributed by atoms with Gasteiger partial charge in [-0.05, 0) is 26.3 Å². The Balaban J connectivity index is 1.79. The smallest absolute Gasteiger partial charge is 0.225 e. The van der Waals surface area contributed by atoms with Crippen molar-refractivity contribution < 1.29 is 0 Å². The molecular weight excluding hydrogens is 248 g/mol. The van der Waals surface area contributed by atoms with Crippen LogP contribution >= 0.6 is 11.6 Å². The van der Waals surface area contributed by atoms with Crippen LogP contribution in [-0.2, 0) is 0 Å². The zero-order chi connectivity index (χ0) is 12.5. The lowest BCUT2D eigenvalue weighted by atomic mass is 9.93. The number of hydrogen-bond donors (Lipinski definition) is 0. The predicted octanol–water partition coefficient (Wildman–Crippen LogP) is 2.19. The van der Waals surface area contributed by atoms with Gasteiger partial charge in [0.1, 0.15) is 0 Å². The summed E-state index contributed by atoms with van der Waals surface area (Å²) < 4.78 is 0. The van der Waals surface area contributed by atoms with Crippen LogP contribution in [0.15, 0.2) is 12.4 Å². The topological polar surface area (TPSA) is 32.3 Å². The Bertz CT molecular complexity index is 408. The van der Waals surface area contributed by atoms with Crippen molar-refractivity contribution in [1.82, 2.24) is 14.9 Å². The van der Waals surface area contributed by atoms with Crippen LogP contribution in [0.1, 0.15) is 26.2 Å². The molecule has 0 radical (unpaired) electrons. The van der Waals surface area contributed by atoms with E-state index in [0.29, 0.717) is 17.1 Å². The molecule has 0 N–H and O–H groups in total. The Labute approximate surface area is 113 Å². The average molecular weight is 267 g/mol. The van der Waals surface area contributed by atoms with Gasteiger partial charge in [0.2, 0.25) is 5.95 Å². The maximum absolute atomic E-state index is 5.85. The van der Waals surface area contributed by atoms with Crippen LogP contribution in [0.2, 0.25) is 5.02 Å².